The van der Waals surface area contributed by atoms with Gasteiger partial charge in [-0.2, -0.15) is 0 Å². The molecule has 0 saturated carbocycles. The fraction of sp³-hybridized carbons (Fsp3) is 0.364. The Morgan fingerprint density at radius 2 is 2.23 bits per heavy atom. The number of carbonyl (C=O) groups is 1. The van der Waals surface area contributed by atoms with Crippen LogP contribution in [-0.2, 0) is 4.79 Å². The second-order valence-corrected chi connectivity index (χ2v) is 3.80. The summed E-state index contributed by atoms with van der Waals surface area (Å²) in [4.78, 5) is 10.9. The zero-order valence-corrected chi connectivity index (χ0v) is 8.64. The first-order chi connectivity index (χ1) is 6.09. The van der Waals surface area contributed by atoms with Crippen molar-refractivity contribution in [3.8, 4) is 0 Å². The normalized spacial score (nSPS) is 12.5. The molecule has 0 unspecified atom stereocenters. The lowest BCUT2D eigenvalue weighted by Gasteiger charge is -2.09. The molecule has 1 aromatic rings. The molecule has 0 heterocycles. The number of Topliss-reactive ketones (excluding diaryl/α,β-unsaturated/α-hetero) is 1. The van der Waals surface area contributed by atoms with E-state index in [1.165, 1.54) is 0 Å². The lowest BCUT2D eigenvalue weighted by atomic mass is 9.96. The van der Waals surface area contributed by atoms with Gasteiger partial charge in [-0.3, -0.25) is 0 Å². The third-order valence-corrected chi connectivity index (χ3v) is 2.25. The Balaban J connectivity index is 2.76. The summed E-state index contributed by atoms with van der Waals surface area (Å²) in [7, 11) is 0. The summed E-state index contributed by atoms with van der Waals surface area (Å²) >= 11 is 5.84. The van der Waals surface area contributed by atoms with Gasteiger partial charge in [0.1, 0.15) is 5.78 Å². The van der Waals surface area contributed by atoms with Crippen LogP contribution >= 0.6 is 11.6 Å². The van der Waals surface area contributed by atoms with Crippen molar-refractivity contribution >= 4 is 17.4 Å². The maximum absolute atomic E-state index is 10.9. The smallest absolute Gasteiger partial charge is 0.130 e. The molecular weight excluding hydrogens is 184 g/mol. The highest BCUT2D eigenvalue weighted by Crippen LogP contribution is 2.21. The van der Waals surface area contributed by atoms with E-state index in [1.54, 1.807) is 6.92 Å². The van der Waals surface area contributed by atoms with Crippen LogP contribution in [0.4, 0.5) is 0 Å². The monoisotopic (exact) mass is 196 g/mol. The Morgan fingerprint density at radius 3 is 2.77 bits per heavy atom. The largest absolute Gasteiger partial charge is 0.300 e. The summed E-state index contributed by atoms with van der Waals surface area (Å²) in [6, 6.07) is 7.66. The number of carbonyl (C=O) groups excluding carboxylic acids is 1. The van der Waals surface area contributed by atoms with Crippen LogP contribution in [0, 0.1) is 0 Å². The molecule has 1 atom stereocenters. The topological polar surface area (TPSA) is 17.1 Å². The Labute approximate surface area is 83.7 Å². The third kappa shape index (κ3) is 3.19. The Morgan fingerprint density at radius 1 is 1.54 bits per heavy atom. The van der Waals surface area contributed by atoms with Crippen molar-refractivity contribution in [2.75, 3.05) is 0 Å². The maximum atomic E-state index is 10.9. The average molecular weight is 197 g/mol. The summed E-state index contributed by atoms with van der Waals surface area (Å²) in [5, 5.41) is 0.730. The van der Waals surface area contributed by atoms with Crippen LogP contribution in [0.1, 0.15) is 31.7 Å². The fourth-order valence-electron chi connectivity index (χ4n) is 1.36. The fourth-order valence-corrected chi connectivity index (χ4v) is 1.56. The molecule has 1 nitrogen and oxygen atoms in total. The van der Waals surface area contributed by atoms with Gasteiger partial charge in [-0.25, -0.2) is 0 Å². The van der Waals surface area contributed by atoms with Gasteiger partial charge in [0.25, 0.3) is 0 Å². The number of hydrogen-bond donors (Lipinski definition) is 0. The molecule has 70 valence electrons. The van der Waals surface area contributed by atoms with E-state index in [1.807, 2.05) is 31.2 Å². The molecule has 0 aliphatic carbocycles. The first-order valence-electron chi connectivity index (χ1n) is 4.34. The highest BCUT2D eigenvalue weighted by molar-refractivity contribution is 6.30. The second kappa shape index (κ2) is 4.43. The standard InChI is InChI=1S/C11H13ClO/c1-8(6-9(2)13)10-4-3-5-11(12)7-10/h3-5,7-8H,6H2,1-2H3/t8-/m1/s1. The molecule has 0 aliphatic heterocycles. The highest BCUT2D eigenvalue weighted by atomic mass is 35.5. The molecule has 0 saturated heterocycles. The molecule has 2 heteroatoms. The van der Waals surface area contributed by atoms with Crippen LogP contribution in [0.25, 0.3) is 0 Å². The predicted molar refractivity (Wildman–Crippen MR) is 55.2 cm³/mol. The molecule has 1 rings (SSSR count). The summed E-state index contributed by atoms with van der Waals surface area (Å²) < 4.78 is 0. The molecule has 1 aromatic carbocycles. The van der Waals surface area contributed by atoms with Crippen molar-refractivity contribution < 1.29 is 4.79 Å². The van der Waals surface area contributed by atoms with Crippen LogP contribution in [0.3, 0.4) is 0 Å². The van der Waals surface area contributed by atoms with E-state index in [-0.39, 0.29) is 11.7 Å². The zero-order valence-electron chi connectivity index (χ0n) is 7.88. The van der Waals surface area contributed by atoms with Crippen LogP contribution < -0.4 is 0 Å². The molecule has 0 radical (unpaired) electrons. The second-order valence-electron chi connectivity index (χ2n) is 3.36. The van der Waals surface area contributed by atoms with E-state index in [0.29, 0.717) is 6.42 Å². The molecule has 0 fully saturated rings. The first-order valence-corrected chi connectivity index (χ1v) is 4.72. The van der Waals surface area contributed by atoms with Crippen molar-refractivity contribution in [2.24, 2.45) is 0 Å². The lowest BCUT2D eigenvalue weighted by Crippen LogP contribution is -1.99. The number of benzene rings is 1. The van der Waals surface area contributed by atoms with Crippen LogP contribution in [0.2, 0.25) is 5.02 Å². The van der Waals surface area contributed by atoms with Gasteiger partial charge >= 0.3 is 0 Å². The average Bonchev–Trinajstić information content (AvgIpc) is 2.03. The van der Waals surface area contributed by atoms with Gasteiger partial charge < -0.3 is 4.79 Å². The van der Waals surface area contributed by atoms with Gasteiger partial charge in [-0.15, -0.1) is 0 Å². The van der Waals surface area contributed by atoms with Gasteiger partial charge in [-0.05, 0) is 30.5 Å². The number of rotatable bonds is 3. The lowest BCUT2D eigenvalue weighted by molar-refractivity contribution is -0.117. The maximum Gasteiger partial charge on any atom is 0.130 e. The predicted octanol–water partition coefficient (Wildman–Crippen LogP) is 3.42. The number of hydrogen-bond acceptors (Lipinski definition) is 1. The van der Waals surface area contributed by atoms with Crippen LogP contribution in [0.5, 0.6) is 0 Å². The Hall–Kier alpha value is -0.820. The summed E-state index contributed by atoms with van der Waals surface area (Å²) in [5.74, 6) is 0.476. The quantitative estimate of drug-likeness (QED) is 0.724. The van der Waals surface area contributed by atoms with E-state index >= 15 is 0 Å². The minimum absolute atomic E-state index is 0.215. The molecule has 0 aliphatic rings. The van der Waals surface area contributed by atoms with E-state index < -0.39 is 0 Å². The summed E-state index contributed by atoms with van der Waals surface area (Å²) in [6.45, 7) is 3.65. The van der Waals surface area contributed by atoms with E-state index in [2.05, 4.69) is 0 Å². The van der Waals surface area contributed by atoms with Crippen molar-refractivity contribution in [1.29, 1.82) is 0 Å². The van der Waals surface area contributed by atoms with Crippen LogP contribution in [0.15, 0.2) is 24.3 Å². The minimum Gasteiger partial charge on any atom is -0.300 e. The molecule has 0 amide bonds. The summed E-state index contributed by atoms with van der Waals surface area (Å²) in [6.07, 6.45) is 0.584. The van der Waals surface area contributed by atoms with Gasteiger partial charge in [0.2, 0.25) is 0 Å². The summed E-state index contributed by atoms with van der Waals surface area (Å²) in [5.41, 5.74) is 1.13. The Kier molecular flexibility index (Phi) is 3.49. The van der Waals surface area contributed by atoms with E-state index in [0.717, 1.165) is 10.6 Å². The zero-order chi connectivity index (χ0) is 9.84. The highest BCUT2D eigenvalue weighted by Gasteiger charge is 2.07. The van der Waals surface area contributed by atoms with Crippen molar-refractivity contribution in [1.82, 2.24) is 0 Å². The minimum atomic E-state index is 0.215. The molecule has 13 heavy (non-hydrogen) atoms. The third-order valence-electron chi connectivity index (χ3n) is 2.01. The SMILES string of the molecule is CC(=O)C[C@@H](C)c1cccc(Cl)c1. The van der Waals surface area contributed by atoms with Crippen molar-refractivity contribution in [2.45, 2.75) is 26.2 Å². The van der Waals surface area contributed by atoms with E-state index in [9.17, 15) is 4.79 Å². The van der Waals surface area contributed by atoms with Gasteiger partial charge in [0.05, 0.1) is 0 Å². The van der Waals surface area contributed by atoms with Gasteiger partial charge in [0, 0.05) is 11.4 Å². The van der Waals surface area contributed by atoms with Crippen molar-refractivity contribution in [3.63, 3.8) is 0 Å². The first kappa shape index (κ1) is 10.3. The number of ketones is 1. The van der Waals surface area contributed by atoms with Crippen LogP contribution in [-0.4, -0.2) is 5.78 Å². The molecule has 0 spiro atoms. The Bertz CT molecular complexity index is 307. The molecule has 0 aromatic heterocycles. The van der Waals surface area contributed by atoms with Gasteiger partial charge in [-0.1, -0.05) is 30.7 Å². The number of halogens is 1. The van der Waals surface area contributed by atoms with E-state index in [4.69, 9.17) is 11.6 Å². The van der Waals surface area contributed by atoms with Gasteiger partial charge in [0.15, 0.2) is 0 Å². The molecule has 0 N–H and O–H groups in total. The molecule has 0 bridgehead atoms. The van der Waals surface area contributed by atoms with Crippen molar-refractivity contribution in [3.05, 3.63) is 34.9 Å². The molecular formula is C11H13ClO.